The quantitative estimate of drug-likeness (QED) is 0.337. The summed E-state index contributed by atoms with van der Waals surface area (Å²) in [5.41, 5.74) is 3.90. The van der Waals surface area contributed by atoms with Crippen molar-refractivity contribution in [1.29, 1.82) is 0 Å². The number of nitrogens with zero attached hydrogens (tertiary/aromatic N) is 2. The third kappa shape index (κ3) is 7.47. The molecular weight excluding hydrogens is 544 g/mol. The van der Waals surface area contributed by atoms with Crippen molar-refractivity contribution in [3.63, 3.8) is 0 Å². The molecule has 0 radical (unpaired) electrons. The molecule has 3 aromatic rings. The van der Waals surface area contributed by atoms with Gasteiger partial charge in [0.15, 0.2) is 11.5 Å². The molecule has 3 heterocycles. The zero-order valence-corrected chi connectivity index (χ0v) is 24.6. The molecule has 3 aromatic carbocycles. The Hall–Kier alpha value is -4.08. The zero-order valence-electron chi connectivity index (χ0n) is 24.6. The summed E-state index contributed by atoms with van der Waals surface area (Å²) in [4.78, 5) is 31.4. The van der Waals surface area contributed by atoms with Gasteiger partial charge in [-0.05, 0) is 80.1 Å². The molecule has 2 N–H and O–H groups in total. The number of anilines is 2. The molecule has 2 saturated heterocycles. The number of fused-ring (bicyclic) bond motifs is 1. The highest BCUT2D eigenvalue weighted by Gasteiger charge is 2.24. The Morgan fingerprint density at radius 2 is 1.63 bits per heavy atom. The highest BCUT2D eigenvalue weighted by atomic mass is 16.7. The Bertz CT molecular complexity index is 1400. The molecule has 0 aliphatic carbocycles. The second kappa shape index (κ2) is 13.9. The van der Waals surface area contributed by atoms with Gasteiger partial charge in [-0.1, -0.05) is 30.3 Å². The third-order valence-electron chi connectivity index (χ3n) is 8.50. The Kier molecular flexibility index (Phi) is 9.40. The largest absolute Gasteiger partial charge is 0.454 e. The SMILES string of the molecule is O=C(Nc1ccc(N2CCC(Cc3ccccc3)CC2)c(C(=O)NCCCN2CCOCC2)c1)c1ccc2c(c1)OCO2. The number of nitrogens with one attached hydrogen (secondary N) is 2. The standard InChI is InChI=1S/C34H40N4O5/c39-33(27-7-10-31-32(22-27)43-24-42-31)36-28-8-9-30(38-15-11-26(12-16-38)21-25-5-2-1-3-6-25)29(23-28)34(40)35-13-4-14-37-17-19-41-20-18-37/h1-3,5-10,22-23,26H,4,11-21,24H2,(H,35,40)(H,36,39). The van der Waals surface area contributed by atoms with E-state index in [1.54, 1.807) is 24.3 Å². The van der Waals surface area contributed by atoms with Crippen LogP contribution >= 0.6 is 0 Å². The normalized spacial score (nSPS) is 17.1. The van der Waals surface area contributed by atoms with Crippen LogP contribution in [0.25, 0.3) is 0 Å². The molecule has 0 saturated carbocycles. The van der Waals surface area contributed by atoms with Gasteiger partial charge in [0.05, 0.1) is 18.8 Å². The fourth-order valence-electron chi connectivity index (χ4n) is 6.06. The van der Waals surface area contributed by atoms with E-state index >= 15 is 0 Å². The first-order valence-corrected chi connectivity index (χ1v) is 15.3. The van der Waals surface area contributed by atoms with E-state index in [0.717, 1.165) is 77.3 Å². The molecule has 9 nitrogen and oxygen atoms in total. The Balaban J connectivity index is 1.13. The summed E-state index contributed by atoms with van der Waals surface area (Å²) < 4.78 is 16.2. The van der Waals surface area contributed by atoms with E-state index in [9.17, 15) is 9.59 Å². The smallest absolute Gasteiger partial charge is 0.255 e. The van der Waals surface area contributed by atoms with Gasteiger partial charge in [-0.2, -0.15) is 0 Å². The number of carbonyl (C=O) groups excluding carboxylic acids is 2. The predicted octanol–water partition coefficient (Wildman–Crippen LogP) is 4.58. The summed E-state index contributed by atoms with van der Waals surface area (Å²) in [5, 5.41) is 6.10. The molecule has 3 aliphatic rings. The number of carbonyl (C=O) groups is 2. The lowest BCUT2D eigenvalue weighted by Crippen LogP contribution is -2.38. The number of rotatable bonds is 10. The van der Waals surface area contributed by atoms with Gasteiger partial charge >= 0.3 is 0 Å². The molecule has 0 atom stereocenters. The van der Waals surface area contributed by atoms with Crippen molar-refractivity contribution in [1.82, 2.24) is 10.2 Å². The minimum atomic E-state index is -0.273. The van der Waals surface area contributed by atoms with E-state index < -0.39 is 0 Å². The van der Waals surface area contributed by atoms with Crippen LogP contribution in [0.1, 0.15) is 45.5 Å². The lowest BCUT2D eigenvalue weighted by molar-refractivity contribution is 0.0374. The summed E-state index contributed by atoms with van der Waals surface area (Å²) in [6.07, 6.45) is 4.08. The van der Waals surface area contributed by atoms with Crippen LogP contribution in [0.15, 0.2) is 66.7 Å². The fraction of sp³-hybridized carbons (Fsp3) is 0.412. The summed E-state index contributed by atoms with van der Waals surface area (Å²) >= 11 is 0. The van der Waals surface area contributed by atoms with Crippen molar-refractivity contribution in [2.75, 3.05) is 69.5 Å². The maximum Gasteiger partial charge on any atom is 0.255 e. The molecule has 0 spiro atoms. The van der Waals surface area contributed by atoms with Gasteiger partial charge in [-0.15, -0.1) is 0 Å². The summed E-state index contributed by atoms with van der Waals surface area (Å²) in [5.74, 6) is 1.40. The molecule has 226 valence electrons. The van der Waals surface area contributed by atoms with Crippen molar-refractivity contribution in [3.8, 4) is 11.5 Å². The highest BCUT2D eigenvalue weighted by Crippen LogP contribution is 2.33. The maximum atomic E-state index is 13.6. The van der Waals surface area contributed by atoms with Crippen LogP contribution in [0.5, 0.6) is 11.5 Å². The van der Waals surface area contributed by atoms with Gasteiger partial charge < -0.3 is 29.7 Å². The van der Waals surface area contributed by atoms with Gasteiger partial charge in [0.25, 0.3) is 11.8 Å². The van der Waals surface area contributed by atoms with Crippen molar-refractivity contribution in [2.24, 2.45) is 5.92 Å². The van der Waals surface area contributed by atoms with Crippen molar-refractivity contribution >= 4 is 23.2 Å². The third-order valence-corrected chi connectivity index (χ3v) is 8.50. The zero-order chi connectivity index (χ0) is 29.4. The van der Waals surface area contributed by atoms with E-state index in [4.69, 9.17) is 14.2 Å². The van der Waals surface area contributed by atoms with Crippen molar-refractivity contribution < 1.29 is 23.8 Å². The molecule has 9 heteroatoms. The number of amides is 2. The van der Waals surface area contributed by atoms with Crippen LogP contribution in [0.4, 0.5) is 11.4 Å². The van der Waals surface area contributed by atoms with E-state index in [-0.39, 0.29) is 18.6 Å². The number of hydrogen-bond donors (Lipinski definition) is 2. The van der Waals surface area contributed by atoms with E-state index in [1.807, 2.05) is 12.1 Å². The first-order chi connectivity index (χ1) is 21.1. The Morgan fingerprint density at radius 1 is 0.837 bits per heavy atom. The molecule has 43 heavy (non-hydrogen) atoms. The second-order valence-electron chi connectivity index (χ2n) is 11.4. The van der Waals surface area contributed by atoms with Crippen molar-refractivity contribution in [2.45, 2.75) is 25.7 Å². The first-order valence-electron chi connectivity index (χ1n) is 15.3. The molecule has 3 aliphatic heterocycles. The first kappa shape index (κ1) is 29.0. The second-order valence-corrected chi connectivity index (χ2v) is 11.4. The topological polar surface area (TPSA) is 92.4 Å². The number of hydrogen-bond acceptors (Lipinski definition) is 7. The van der Waals surface area contributed by atoms with Gasteiger partial charge in [0.2, 0.25) is 6.79 Å². The number of benzene rings is 3. The lowest BCUT2D eigenvalue weighted by Gasteiger charge is -2.35. The van der Waals surface area contributed by atoms with Crippen LogP contribution in [-0.4, -0.2) is 76.0 Å². The summed E-state index contributed by atoms with van der Waals surface area (Å²) in [6.45, 7) is 6.84. The average Bonchev–Trinajstić information content (AvgIpc) is 3.53. The number of morpholine rings is 1. The highest BCUT2D eigenvalue weighted by molar-refractivity contribution is 6.06. The van der Waals surface area contributed by atoms with Crippen molar-refractivity contribution in [3.05, 3.63) is 83.4 Å². The minimum absolute atomic E-state index is 0.123. The van der Waals surface area contributed by atoms with Gasteiger partial charge in [-0.25, -0.2) is 0 Å². The van der Waals surface area contributed by atoms with Crippen LogP contribution < -0.4 is 25.0 Å². The lowest BCUT2D eigenvalue weighted by atomic mass is 9.89. The number of piperidine rings is 1. The Labute approximate surface area is 253 Å². The summed E-state index contributed by atoms with van der Waals surface area (Å²) in [7, 11) is 0. The molecular formula is C34H40N4O5. The summed E-state index contributed by atoms with van der Waals surface area (Å²) in [6, 6.07) is 21.4. The number of ether oxygens (including phenoxy) is 3. The van der Waals surface area contributed by atoms with Crippen LogP contribution in [0.3, 0.4) is 0 Å². The van der Waals surface area contributed by atoms with E-state index in [1.165, 1.54) is 5.56 Å². The molecule has 0 aromatic heterocycles. The molecule has 0 unspecified atom stereocenters. The minimum Gasteiger partial charge on any atom is -0.454 e. The van der Waals surface area contributed by atoms with Crippen LogP contribution in [-0.2, 0) is 11.2 Å². The molecule has 6 rings (SSSR count). The maximum absolute atomic E-state index is 13.6. The van der Waals surface area contributed by atoms with Crippen LogP contribution in [0, 0.1) is 5.92 Å². The monoisotopic (exact) mass is 584 g/mol. The molecule has 2 fully saturated rings. The van der Waals surface area contributed by atoms with Gasteiger partial charge in [0.1, 0.15) is 0 Å². The van der Waals surface area contributed by atoms with Crippen LogP contribution in [0.2, 0.25) is 0 Å². The van der Waals surface area contributed by atoms with E-state index in [0.29, 0.717) is 40.8 Å². The fourth-order valence-corrected chi connectivity index (χ4v) is 6.06. The average molecular weight is 585 g/mol. The Morgan fingerprint density at radius 3 is 2.44 bits per heavy atom. The van der Waals surface area contributed by atoms with Gasteiger partial charge in [-0.3, -0.25) is 14.5 Å². The molecule has 0 bridgehead atoms. The molecule has 2 amide bonds. The van der Waals surface area contributed by atoms with E-state index in [2.05, 4.69) is 50.8 Å². The van der Waals surface area contributed by atoms with Gasteiger partial charge in [0, 0.05) is 49.7 Å². The predicted molar refractivity (Wildman–Crippen MR) is 166 cm³/mol.